The number of nitrogens with one attached hydrogen (secondary N) is 1. The average molecular weight is 358 g/mol. The van der Waals surface area contributed by atoms with Crippen molar-refractivity contribution in [3.8, 4) is 15.6 Å². The smallest absolute Gasteiger partial charge is 0.263 e. The number of amides is 1. The van der Waals surface area contributed by atoms with Gasteiger partial charge in [-0.25, -0.2) is 4.98 Å². The SMILES string of the molecule is CC(C)Oc1ccc(CNC(=O)c2cnc(-c3cccs3)s2)cc1. The summed E-state index contributed by atoms with van der Waals surface area (Å²) < 4.78 is 5.61. The molecule has 24 heavy (non-hydrogen) atoms. The molecule has 0 bridgehead atoms. The van der Waals surface area contributed by atoms with E-state index in [1.807, 2.05) is 55.6 Å². The highest BCUT2D eigenvalue weighted by molar-refractivity contribution is 7.21. The van der Waals surface area contributed by atoms with Crippen LogP contribution >= 0.6 is 22.7 Å². The van der Waals surface area contributed by atoms with Gasteiger partial charge < -0.3 is 10.1 Å². The van der Waals surface area contributed by atoms with Crippen LogP contribution in [0.1, 0.15) is 29.1 Å². The molecule has 2 aromatic heterocycles. The van der Waals surface area contributed by atoms with E-state index in [9.17, 15) is 4.79 Å². The van der Waals surface area contributed by atoms with Crippen LogP contribution in [0.25, 0.3) is 9.88 Å². The Balaban J connectivity index is 1.57. The number of rotatable bonds is 6. The van der Waals surface area contributed by atoms with E-state index in [2.05, 4.69) is 10.3 Å². The Kier molecular flexibility index (Phi) is 5.27. The molecule has 0 atom stereocenters. The fourth-order valence-electron chi connectivity index (χ4n) is 2.12. The second-order valence-corrected chi connectivity index (χ2v) is 7.48. The van der Waals surface area contributed by atoms with E-state index < -0.39 is 0 Å². The Labute approximate surface area is 149 Å². The third-order valence-corrected chi connectivity index (χ3v) is 5.24. The monoisotopic (exact) mass is 358 g/mol. The first kappa shape index (κ1) is 16.7. The molecule has 0 aliphatic carbocycles. The summed E-state index contributed by atoms with van der Waals surface area (Å²) in [7, 11) is 0. The van der Waals surface area contributed by atoms with Gasteiger partial charge in [0.2, 0.25) is 0 Å². The second kappa shape index (κ2) is 7.59. The zero-order valence-electron chi connectivity index (χ0n) is 13.5. The zero-order chi connectivity index (χ0) is 16.9. The standard InChI is InChI=1S/C18H18N2O2S2/c1-12(2)22-14-7-5-13(6-8-14)10-19-17(21)16-11-20-18(24-16)15-4-3-9-23-15/h3-9,11-12H,10H2,1-2H3,(H,19,21). The summed E-state index contributed by atoms with van der Waals surface area (Å²) >= 11 is 3.03. The number of carbonyl (C=O) groups is 1. The van der Waals surface area contributed by atoms with Crippen molar-refractivity contribution in [2.24, 2.45) is 0 Å². The molecular formula is C18H18N2O2S2. The fourth-order valence-corrected chi connectivity index (χ4v) is 3.76. The number of hydrogen-bond acceptors (Lipinski definition) is 5. The third-order valence-electron chi connectivity index (χ3n) is 3.21. The predicted octanol–water partition coefficient (Wildman–Crippen LogP) is 4.59. The van der Waals surface area contributed by atoms with Crippen molar-refractivity contribution >= 4 is 28.6 Å². The van der Waals surface area contributed by atoms with Gasteiger partial charge in [0.15, 0.2) is 0 Å². The van der Waals surface area contributed by atoms with Crippen LogP contribution in [-0.2, 0) is 6.54 Å². The topological polar surface area (TPSA) is 51.2 Å². The molecule has 3 aromatic rings. The molecule has 0 radical (unpaired) electrons. The maximum atomic E-state index is 12.3. The van der Waals surface area contributed by atoms with Crippen LogP contribution < -0.4 is 10.1 Å². The van der Waals surface area contributed by atoms with Crippen LogP contribution in [0.3, 0.4) is 0 Å². The van der Waals surface area contributed by atoms with Crippen molar-refractivity contribution in [2.45, 2.75) is 26.5 Å². The molecule has 0 fully saturated rings. The lowest BCUT2D eigenvalue weighted by Crippen LogP contribution is -2.21. The number of thiophene rings is 1. The molecule has 0 unspecified atom stereocenters. The van der Waals surface area contributed by atoms with Crippen molar-refractivity contribution in [3.05, 3.63) is 58.4 Å². The van der Waals surface area contributed by atoms with Gasteiger partial charge in [-0.05, 0) is 43.0 Å². The van der Waals surface area contributed by atoms with Crippen molar-refractivity contribution in [3.63, 3.8) is 0 Å². The first-order valence-electron chi connectivity index (χ1n) is 7.65. The summed E-state index contributed by atoms with van der Waals surface area (Å²) in [5.74, 6) is 0.737. The van der Waals surface area contributed by atoms with Crippen LogP contribution in [-0.4, -0.2) is 17.0 Å². The lowest BCUT2D eigenvalue weighted by atomic mass is 10.2. The summed E-state index contributed by atoms with van der Waals surface area (Å²) in [6.45, 7) is 4.47. The fraction of sp³-hybridized carbons (Fsp3) is 0.222. The van der Waals surface area contributed by atoms with Crippen LogP contribution in [0.4, 0.5) is 0 Å². The average Bonchev–Trinajstić information content (AvgIpc) is 3.24. The number of nitrogens with zero attached hydrogens (tertiary/aromatic N) is 1. The first-order valence-corrected chi connectivity index (χ1v) is 9.35. The lowest BCUT2D eigenvalue weighted by molar-refractivity contribution is 0.0955. The number of hydrogen-bond donors (Lipinski definition) is 1. The van der Waals surface area contributed by atoms with Gasteiger partial charge >= 0.3 is 0 Å². The molecule has 6 heteroatoms. The Morgan fingerprint density at radius 1 is 1.25 bits per heavy atom. The minimum Gasteiger partial charge on any atom is -0.491 e. The molecule has 3 rings (SSSR count). The maximum Gasteiger partial charge on any atom is 0.263 e. The Morgan fingerprint density at radius 2 is 2.04 bits per heavy atom. The van der Waals surface area contributed by atoms with E-state index in [0.717, 1.165) is 21.2 Å². The van der Waals surface area contributed by atoms with E-state index in [4.69, 9.17) is 4.74 Å². The number of ether oxygens (including phenoxy) is 1. The van der Waals surface area contributed by atoms with Gasteiger partial charge in [0.1, 0.15) is 15.6 Å². The van der Waals surface area contributed by atoms with Gasteiger partial charge in [0, 0.05) is 6.54 Å². The summed E-state index contributed by atoms with van der Waals surface area (Å²) in [4.78, 5) is 18.3. The van der Waals surface area contributed by atoms with Crippen LogP contribution in [0, 0.1) is 0 Å². The molecular weight excluding hydrogens is 340 g/mol. The number of thiazole rings is 1. The zero-order valence-corrected chi connectivity index (χ0v) is 15.1. The van der Waals surface area contributed by atoms with Gasteiger partial charge in [-0.2, -0.15) is 0 Å². The number of aromatic nitrogens is 1. The van der Waals surface area contributed by atoms with E-state index in [1.165, 1.54) is 11.3 Å². The van der Waals surface area contributed by atoms with Crippen molar-refractivity contribution in [1.82, 2.24) is 10.3 Å². The van der Waals surface area contributed by atoms with Crippen molar-refractivity contribution < 1.29 is 9.53 Å². The van der Waals surface area contributed by atoms with E-state index >= 15 is 0 Å². The summed E-state index contributed by atoms with van der Waals surface area (Å²) in [5, 5.41) is 5.81. The molecule has 0 saturated heterocycles. The molecule has 1 N–H and O–H groups in total. The number of benzene rings is 1. The van der Waals surface area contributed by atoms with Crippen molar-refractivity contribution in [2.75, 3.05) is 0 Å². The molecule has 1 aromatic carbocycles. The van der Waals surface area contributed by atoms with E-state index in [1.54, 1.807) is 17.5 Å². The van der Waals surface area contributed by atoms with E-state index in [0.29, 0.717) is 11.4 Å². The predicted molar refractivity (Wildman–Crippen MR) is 98.8 cm³/mol. The summed E-state index contributed by atoms with van der Waals surface area (Å²) in [6, 6.07) is 11.7. The molecule has 0 saturated carbocycles. The highest BCUT2D eigenvalue weighted by Crippen LogP contribution is 2.28. The normalized spacial score (nSPS) is 10.8. The van der Waals surface area contributed by atoms with Gasteiger partial charge in [-0.1, -0.05) is 18.2 Å². The molecule has 2 heterocycles. The lowest BCUT2D eigenvalue weighted by Gasteiger charge is -2.10. The molecule has 124 valence electrons. The van der Waals surface area contributed by atoms with E-state index in [-0.39, 0.29) is 12.0 Å². The van der Waals surface area contributed by atoms with Gasteiger partial charge in [0.05, 0.1) is 17.2 Å². The summed E-state index contributed by atoms with van der Waals surface area (Å²) in [6.07, 6.45) is 1.79. The van der Waals surface area contributed by atoms with Crippen LogP contribution in [0.5, 0.6) is 5.75 Å². The minimum atomic E-state index is -0.0992. The van der Waals surface area contributed by atoms with Crippen LogP contribution in [0.2, 0.25) is 0 Å². The molecule has 4 nitrogen and oxygen atoms in total. The first-order chi connectivity index (χ1) is 11.6. The summed E-state index contributed by atoms with van der Waals surface area (Å²) in [5.41, 5.74) is 1.03. The highest BCUT2D eigenvalue weighted by atomic mass is 32.1. The maximum absolute atomic E-state index is 12.3. The molecule has 0 spiro atoms. The largest absolute Gasteiger partial charge is 0.491 e. The van der Waals surface area contributed by atoms with Gasteiger partial charge in [0.25, 0.3) is 5.91 Å². The quantitative estimate of drug-likeness (QED) is 0.701. The minimum absolute atomic E-state index is 0.0992. The number of carbonyl (C=O) groups excluding carboxylic acids is 1. The van der Waals surface area contributed by atoms with Gasteiger partial charge in [-0.15, -0.1) is 22.7 Å². The third kappa shape index (κ3) is 4.21. The van der Waals surface area contributed by atoms with Gasteiger partial charge in [-0.3, -0.25) is 4.79 Å². The second-order valence-electron chi connectivity index (χ2n) is 5.50. The Bertz CT molecular complexity index is 793. The Morgan fingerprint density at radius 3 is 2.71 bits per heavy atom. The van der Waals surface area contributed by atoms with Crippen LogP contribution in [0.15, 0.2) is 48.0 Å². The van der Waals surface area contributed by atoms with Crippen molar-refractivity contribution in [1.29, 1.82) is 0 Å². The molecule has 0 aliphatic heterocycles. The highest BCUT2D eigenvalue weighted by Gasteiger charge is 2.12. The Hall–Kier alpha value is -2.18. The molecule has 1 amide bonds. The molecule has 0 aliphatic rings.